The maximum absolute atomic E-state index is 12.8. The molecule has 2 aromatic rings. The molecular formula is C19H17N3O3. The molecule has 0 atom stereocenters. The molecule has 1 amide bonds. The van der Waals surface area contributed by atoms with Crippen LogP contribution in [0.1, 0.15) is 23.6 Å². The molecule has 0 bridgehead atoms. The molecule has 0 radical (unpaired) electrons. The van der Waals surface area contributed by atoms with Gasteiger partial charge in [-0.25, -0.2) is 0 Å². The number of hydrazone groups is 1. The van der Waals surface area contributed by atoms with Crippen LogP contribution in [-0.4, -0.2) is 16.5 Å². The number of nitro benzene ring substituents is 1. The van der Waals surface area contributed by atoms with Crippen LogP contribution in [0.2, 0.25) is 0 Å². The molecule has 6 nitrogen and oxygen atoms in total. The summed E-state index contributed by atoms with van der Waals surface area (Å²) in [5.74, 6) is -0.293. The van der Waals surface area contributed by atoms with E-state index >= 15 is 0 Å². The molecule has 1 aliphatic rings. The van der Waals surface area contributed by atoms with Crippen molar-refractivity contribution >= 4 is 29.1 Å². The Labute approximate surface area is 145 Å². The smallest absolute Gasteiger partial charge is 0.267 e. The van der Waals surface area contributed by atoms with Gasteiger partial charge >= 0.3 is 0 Å². The van der Waals surface area contributed by atoms with Gasteiger partial charge in [0.05, 0.1) is 27.5 Å². The minimum Gasteiger partial charge on any atom is -0.267 e. The normalized spacial score (nSPS) is 15.6. The van der Waals surface area contributed by atoms with Crippen molar-refractivity contribution in [2.24, 2.45) is 5.10 Å². The van der Waals surface area contributed by atoms with E-state index in [0.29, 0.717) is 22.5 Å². The van der Waals surface area contributed by atoms with Gasteiger partial charge in [-0.3, -0.25) is 14.9 Å². The van der Waals surface area contributed by atoms with Crippen molar-refractivity contribution in [3.63, 3.8) is 0 Å². The van der Waals surface area contributed by atoms with Crippen molar-refractivity contribution in [1.29, 1.82) is 0 Å². The van der Waals surface area contributed by atoms with Gasteiger partial charge in [-0.2, -0.15) is 10.1 Å². The van der Waals surface area contributed by atoms with Gasteiger partial charge in [-0.15, -0.1) is 0 Å². The van der Waals surface area contributed by atoms with Crippen LogP contribution < -0.4 is 5.01 Å². The van der Waals surface area contributed by atoms with E-state index in [1.54, 1.807) is 25.1 Å². The van der Waals surface area contributed by atoms with E-state index in [-0.39, 0.29) is 11.6 Å². The predicted octanol–water partition coefficient (Wildman–Crippen LogP) is 4.02. The number of para-hydroxylation sites is 1. The van der Waals surface area contributed by atoms with Gasteiger partial charge in [0.1, 0.15) is 0 Å². The number of nitrogens with zero attached hydrogens (tertiary/aromatic N) is 3. The highest BCUT2D eigenvalue weighted by Gasteiger charge is 2.29. The maximum Gasteiger partial charge on any atom is 0.280 e. The number of rotatable bonds is 3. The highest BCUT2D eigenvalue weighted by atomic mass is 16.6. The number of carbonyl (C=O) groups is 1. The molecule has 0 saturated heterocycles. The molecule has 0 N–H and O–H groups in total. The van der Waals surface area contributed by atoms with Crippen LogP contribution in [0.25, 0.3) is 6.08 Å². The number of benzene rings is 2. The van der Waals surface area contributed by atoms with E-state index in [1.165, 1.54) is 17.2 Å². The van der Waals surface area contributed by atoms with E-state index in [4.69, 9.17) is 0 Å². The van der Waals surface area contributed by atoms with Crippen LogP contribution in [-0.2, 0) is 4.79 Å². The lowest BCUT2D eigenvalue weighted by molar-refractivity contribution is -0.385. The Bertz CT molecular complexity index is 945. The van der Waals surface area contributed by atoms with Crippen molar-refractivity contribution in [3.05, 3.63) is 74.8 Å². The molecule has 0 aliphatic carbocycles. The second-order valence-corrected chi connectivity index (χ2v) is 5.94. The number of amides is 1. The van der Waals surface area contributed by atoms with Crippen LogP contribution in [0, 0.1) is 24.0 Å². The largest absolute Gasteiger partial charge is 0.280 e. The molecule has 0 spiro atoms. The van der Waals surface area contributed by atoms with Crippen molar-refractivity contribution < 1.29 is 9.72 Å². The molecule has 0 fully saturated rings. The third kappa shape index (κ3) is 3.06. The molecule has 0 unspecified atom stereocenters. The summed E-state index contributed by atoms with van der Waals surface area (Å²) in [5.41, 5.74) is 4.10. The Morgan fingerprint density at radius 3 is 2.48 bits per heavy atom. The monoisotopic (exact) mass is 335 g/mol. The summed E-state index contributed by atoms with van der Waals surface area (Å²) < 4.78 is 0. The van der Waals surface area contributed by atoms with Gasteiger partial charge in [0.2, 0.25) is 0 Å². The topological polar surface area (TPSA) is 75.8 Å². The van der Waals surface area contributed by atoms with Crippen LogP contribution in [0.3, 0.4) is 0 Å². The number of nitro groups is 1. The zero-order chi connectivity index (χ0) is 18.1. The van der Waals surface area contributed by atoms with Gasteiger partial charge < -0.3 is 0 Å². The first-order valence-electron chi connectivity index (χ1n) is 7.81. The van der Waals surface area contributed by atoms with Gasteiger partial charge in [0.15, 0.2) is 0 Å². The molecule has 2 aromatic carbocycles. The number of carbonyl (C=O) groups excluding carboxylic acids is 1. The standard InChI is InChI=1S/C19H17N3O3/c1-12-8-9-16(10-13(12)2)21-19(23)17(14(3)20-21)11-15-6-4-5-7-18(15)22(24)25/h4-11H,1-3H3/b17-11-. The number of hydrogen-bond acceptors (Lipinski definition) is 4. The fraction of sp³-hybridized carbons (Fsp3) is 0.158. The Morgan fingerprint density at radius 1 is 1.08 bits per heavy atom. The highest BCUT2D eigenvalue weighted by Crippen LogP contribution is 2.28. The minimum absolute atomic E-state index is 0.0415. The van der Waals surface area contributed by atoms with Gasteiger partial charge in [0.25, 0.3) is 11.6 Å². The molecular weight excluding hydrogens is 318 g/mol. The lowest BCUT2D eigenvalue weighted by Gasteiger charge is -2.13. The van der Waals surface area contributed by atoms with Crippen LogP contribution in [0.15, 0.2) is 53.1 Å². The molecule has 0 aromatic heterocycles. The summed E-state index contributed by atoms with van der Waals surface area (Å²) in [7, 11) is 0. The lowest BCUT2D eigenvalue weighted by Crippen LogP contribution is -2.21. The van der Waals surface area contributed by atoms with Gasteiger partial charge in [-0.05, 0) is 56.2 Å². The molecule has 1 aliphatic heterocycles. The van der Waals surface area contributed by atoms with Crippen LogP contribution in [0.4, 0.5) is 11.4 Å². The first kappa shape index (κ1) is 16.6. The Morgan fingerprint density at radius 2 is 1.80 bits per heavy atom. The number of anilines is 1. The molecule has 25 heavy (non-hydrogen) atoms. The van der Waals surface area contributed by atoms with Crippen LogP contribution in [0.5, 0.6) is 0 Å². The fourth-order valence-electron chi connectivity index (χ4n) is 2.65. The van der Waals surface area contributed by atoms with E-state index in [2.05, 4.69) is 5.10 Å². The average Bonchev–Trinajstić information content (AvgIpc) is 2.86. The number of hydrogen-bond donors (Lipinski definition) is 0. The third-order valence-corrected chi connectivity index (χ3v) is 4.23. The quantitative estimate of drug-likeness (QED) is 0.483. The first-order valence-corrected chi connectivity index (χ1v) is 7.81. The Hall–Kier alpha value is -3.28. The lowest BCUT2D eigenvalue weighted by atomic mass is 10.1. The SMILES string of the molecule is CC1=NN(c2ccc(C)c(C)c2)C(=O)/C1=C\c1ccccc1[N+](=O)[O-]. The molecule has 6 heteroatoms. The summed E-state index contributed by atoms with van der Waals surface area (Å²) in [6.07, 6.45) is 1.53. The zero-order valence-corrected chi connectivity index (χ0v) is 14.2. The second kappa shape index (κ2) is 6.32. The van der Waals surface area contributed by atoms with Crippen molar-refractivity contribution in [2.75, 3.05) is 5.01 Å². The molecule has 1 heterocycles. The first-order chi connectivity index (χ1) is 11.9. The van der Waals surface area contributed by atoms with E-state index in [1.807, 2.05) is 32.0 Å². The summed E-state index contributed by atoms with van der Waals surface area (Å²) in [5, 5.41) is 16.8. The fourth-order valence-corrected chi connectivity index (χ4v) is 2.65. The van der Waals surface area contributed by atoms with Crippen molar-refractivity contribution in [1.82, 2.24) is 0 Å². The van der Waals surface area contributed by atoms with Gasteiger partial charge in [0, 0.05) is 6.07 Å². The summed E-state index contributed by atoms with van der Waals surface area (Å²) in [6.45, 7) is 5.69. The zero-order valence-electron chi connectivity index (χ0n) is 14.2. The predicted molar refractivity (Wildman–Crippen MR) is 97.6 cm³/mol. The molecule has 3 rings (SSSR count). The van der Waals surface area contributed by atoms with Crippen molar-refractivity contribution in [3.8, 4) is 0 Å². The molecule has 0 saturated carbocycles. The Kier molecular flexibility index (Phi) is 4.19. The van der Waals surface area contributed by atoms with Crippen LogP contribution >= 0.6 is 0 Å². The number of aryl methyl sites for hydroxylation is 2. The third-order valence-electron chi connectivity index (χ3n) is 4.23. The van der Waals surface area contributed by atoms with E-state index in [9.17, 15) is 14.9 Å². The van der Waals surface area contributed by atoms with Gasteiger partial charge in [-0.1, -0.05) is 18.2 Å². The highest BCUT2D eigenvalue weighted by molar-refractivity contribution is 6.32. The summed E-state index contributed by atoms with van der Waals surface area (Å²) in [6, 6.07) is 12.0. The summed E-state index contributed by atoms with van der Waals surface area (Å²) >= 11 is 0. The minimum atomic E-state index is -0.459. The second-order valence-electron chi connectivity index (χ2n) is 5.94. The average molecular weight is 335 g/mol. The van der Waals surface area contributed by atoms with E-state index in [0.717, 1.165) is 11.1 Å². The Balaban J connectivity index is 2.01. The van der Waals surface area contributed by atoms with E-state index < -0.39 is 4.92 Å². The van der Waals surface area contributed by atoms with Crippen molar-refractivity contribution in [2.45, 2.75) is 20.8 Å². The summed E-state index contributed by atoms with van der Waals surface area (Å²) in [4.78, 5) is 23.5. The molecule has 126 valence electrons. The maximum atomic E-state index is 12.8.